The van der Waals surface area contributed by atoms with Crippen LogP contribution in [0.3, 0.4) is 0 Å². The number of fused-ring (bicyclic) bond motifs is 1. The Morgan fingerprint density at radius 1 is 1.07 bits per heavy atom. The van der Waals surface area contributed by atoms with Gasteiger partial charge in [-0.2, -0.15) is 0 Å². The molecule has 2 aromatic carbocycles. The third kappa shape index (κ3) is 4.39. The molecule has 2 aliphatic rings. The van der Waals surface area contributed by atoms with Gasteiger partial charge in [-0.15, -0.1) is 0 Å². The summed E-state index contributed by atoms with van der Waals surface area (Å²) < 4.78 is 11.5. The van der Waals surface area contributed by atoms with Gasteiger partial charge in [-0.25, -0.2) is 0 Å². The Labute approximate surface area is 166 Å². The molecule has 2 aromatic rings. The van der Waals surface area contributed by atoms with Gasteiger partial charge in [0.1, 0.15) is 11.9 Å². The van der Waals surface area contributed by atoms with Crippen LogP contribution in [0, 0.1) is 0 Å². The van der Waals surface area contributed by atoms with Crippen LogP contribution < -0.4 is 20.3 Å². The van der Waals surface area contributed by atoms with Crippen molar-refractivity contribution in [2.45, 2.75) is 19.1 Å². The second-order valence-corrected chi connectivity index (χ2v) is 7.09. The van der Waals surface area contributed by atoms with Crippen LogP contribution in [0.4, 0.5) is 5.69 Å². The van der Waals surface area contributed by atoms with E-state index in [1.807, 2.05) is 12.1 Å². The van der Waals surface area contributed by atoms with E-state index in [0.29, 0.717) is 0 Å². The maximum absolute atomic E-state index is 6.00. The van der Waals surface area contributed by atoms with E-state index < -0.39 is 0 Å². The molecule has 1 saturated heterocycles. The number of nitrogens with zero attached hydrogens (tertiary/aromatic N) is 2. The molecule has 6 heteroatoms. The van der Waals surface area contributed by atoms with Gasteiger partial charge in [0.25, 0.3) is 0 Å². The van der Waals surface area contributed by atoms with Crippen LogP contribution in [0.25, 0.3) is 0 Å². The van der Waals surface area contributed by atoms with Crippen molar-refractivity contribution >= 4 is 11.6 Å². The van der Waals surface area contributed by atoms with Crippen LogP contribution in [0.15, 0.2) is 53.5 Å². The summed E-state index contributed by atoms with van der Waals surface area (Å²) in [5.41, 5.74) is 3.80. The molecular weight excluding hydrogens is 352 g/mol. The lowest BCUT2D eigenvalue weighted by molar-refractivity contribution is 0.122. The highest BCUT2D eigenvalue weighted by Gasteiger charge is 2.22. The van der Waals surface area contributed by atoms with Crippen LogP contribution in [0.5, 0.6) is 5.75 Å². The Morgan fingerprint density at radius 3 is 2.68 bits per heavy atom. The molecule has 0 aromatic heterocycles. The Balaban J connectivity index is 1.30. The zero-order valence-electron chi connectivity index (χ0n) is 16.4. The summed E-state index contributed by atoms with van der Waals surface area (Å²) in [5.74, 6) is 1.79. The molecule has 1 fully saturated rings. The molecular formula is C22H28N4O2. The maximum Gasteiger partial charge on any atom is 0.191 e. The number of nitrogens with one attached hydrogen (secondary N) is 2. The van der Waals surface area contributed by atoms with Gasteiger partial charge < -0.3 is 25.0 Å². The summed E-state index contributed by atoms with van der Waals surface area (Å²) >= 11 is 0. The lowest BCUT2D eigenvalue weighted by Crippen LogP contribution is -2.42. The average Bonchev–Trinajstić information content (AvgIpc) is 3.18. The number of morpholine rings is 1. The predicted octanol–water partition coefficient (Wildman–Crippen LogP) is 2.19. The van der Waals surface area contributed by atoms with E-state index in [2.05, 4.69) is 56.9 Å². The predicted molar refractivity (Wildman–Crippen MR) is 112 cm³/mol. The van der Waals surface area contributed by atoms with Crippen LogP contribution in [0.1, 0.15) is 11.1 Å². The number of hydrogen-bond donors (Lipinski definition) is 2. The summed E-state index contributed by atoms with van der Waals surface area (Å²) in [5, 5.41) is 6.83. The fraction of sp³-hybridized carbons (Fsp3) is 0.409. The molecule has 0 saturated carbocycles. The minimum atomic E-state index is 0.136. The number of hydrogen-bond acceptors (Lipinski definition) is 4. The van der Waals surface area contributed by atoms with Crippen LogP contribution in [-0.4, -0.2) is 52.0 Å². The average molecular weight is 380 g/mol. The summed E-state index contributed by atoms with van der Waals surface area (Å²) in [7, 11) is 1.80. The molecule has 2 heterocycles. The number of benzene rings is 2. The standard InChI is InChI=1S/C22H28N4O2/c1-23-22(25-16-19-14-17-6-3-5-9-21(17)28-19)24-15-18-7-2-4-8-20(18)26-10-12-27-13-11-26/h2-9,19H,10-16H2,1H3,(H2,23,24,25). The fourth-order valence-corrected chi connectivity index (χ4v) is 3.75. The number of guanidine groups is 1. The van der Waals surface area contributed by atoms with Crippen molar-refractivity contribution in [2.24, 2.45) is 4.99 Å². The van der Waals surface area contributed by atoms with E-state index in [-0.39, 0.29) is 6.10 Å². The van der Waals surface area contributed by atoms with Gasteiger partial charge in [0.2, 0.25) is 0 Å². The van der Waals surface area contributed by atoms with Crippen molar-refractivity contribution in [3.05, 3.63) is 59.7 Å². The molecule has 148 valence electrons. The third-order valence-corrected chi connectivity index (χ3v) is 5.22. The number of anilines is 1. The lowest BCUT2D eigenvalue weighted by atomic mass is 10.1. The maximum atomic E-state index is 6.00. The molecule has 4 rings (SSSR count). The Morgan fingerprint density at radius 2 is 1.86 bits per heavy atom. The first kappa shape index (κ1) is 18.6. The molecule has 0 amide bonds. The van der Waals surface area contributed by atoms with Crippen molar-refractivity contribution in [3.8, 4) is 5.75 Å². The van der Waals surface area contributed by atoms with E-state index in [1.165, 1.54) is 16.8 Å². The number of rotatable bonds is 5. The fourth-order valence-electron chi connectivity index (χ4n) is 3.75. The van der Waals surface area contributed by atoms with Gasteiger partial charge in [0.15, 0.2) is 5.96 Å². The molecule has 0 radical (unpaired) electrons. The highest BCUT2D eigenvalue weighted by molar-refractivity contribution is 5.79. The van der Waals surface area contributed by atoms with Gasteiger partial charge >= 0.3 is 0 Å². The molecule has 2 N–H and O–H groups in total. The van der Waals surface area contributed by atoms with E-state index in [9.17, 15) is 0 Å². The van der Waals surface area contributed by atoms with Gasteiger partial charge in [-0.05, 0) is 23.3 Å². The van der Waals surface area contributed by atoms with Crippen LogP contribution in [0.2, 0.25) is 0 Å². The van der Waals surface area contributed by atoms with E-state index in [0.717, 1.165) is 57.5 Å². The molecule has 0 spiro atoms. The molecule has 28 heavy (non-hydrogen) atoms. The summed E-state index contributed by atoms with van der Waals surface area (Å²) in [6.45, 7) is 4.88. The highest BCUT2D eigenvalue weighted by atomic mass is 16.5. The largest absolute Gasteiger partial charge is 0.488 e. The van der Waals surface area contributed by atoms with Crippen molar-refractivity contribution in [3.63, 3.8) is 0 Å². The van der Waals surface area contributed by atoms with Crippen LogP contribution in [-0.2, 0) is 17.7 Å². The number of para-hydroxylation sites is 2. The second kappa shape index (κ2) is 8.97. The minimum Gasteiger partial charge on any atom is -0.488 e. The van der Waals surface area contributed by atoms with Gasteiger partial charge in [-0.1, -0.05) is 36.4 Å². The minimum absolute atomic E-state index is 0.136. The Bertz CT molecular complexity index is 793. The van der Waals surface area contributed by atoms with Crippen molar-refractivity contribution in [1.29, 1.82) is 0 Å². The van der Waals surface area contributed by atoms with Gasteiger partial charge in [-0.3, -0.25) is 4.99 Å². The first-order valence-electron chi connectivity index (χ1n) is 9.93. The van der Waals surface area contributed by atoms with Crippen molar-refractivity contribution in [1.82, 2.24) is 10.6 Å². The van der Waals surface area contributed by atoms with Gasteiger partial charge in [0, 0.05) is 38.8 Å². The zero-order chi connectivity index (χ0) is 19.2. The van der Waals surface area contributed by atoms with Crippen LogP contribution >= 0.6 is 0 Å². The van der Waals surface area contributed by atoms with E-state index in [1.54, 1.807) is 7.05 Å². The quantitative estimate of drug-likeness (QED) is 0.615. The Hall–Kier alpha value is -2.73. The zero-order valence-corrected chi connectivity index (χ0v) is 16.4. The molecule has 1 atom stereocenters. The molecule has 6 nitrogen and oxygen atoms in total. The number of ether oxygens (including phenoxy) is 2. The third-order valence-electron chi connectivity index (χ3n) is 5.22. The van der Waals surface area contributed by atoms with E-state index >= 15 is 0 Å². The summed E-state index contributed by atoms with van der Waals surface area (Å²) in [6.07, 6.45) is 1.07. The van der Waals surface area contributed by atoms with Crippen molar-refractivity contribution < 1.29 is 9.47 Å². The smallest absolute Gasteiger partial charge is 0.191 e. The monoisotopic (exact) mass is 380 g/mol. The molecule has 2 aliphatic heterocycles. The normalized spacial score (nSPS) is 19.1. The second-order valence-electron chi connectivity index (χ2n) is 7.09. The molecule has 0 aliphatic carbocycles. The molecule has 1 unspecified atom stereocenters. The molecule has 0 bridgehead atoms. The number of aliphatic imine (C=N–C) groups is 1. The van der Waals surface area contributed by atoms with Gasteiger partial charge in [0.05, 0.1) is 19.8 Å². The topological polar surface area (TPSA) is 58.1 Å². The van der Waals surface area contributed by atoms with E-state index in [4.69, 9.17) is 9.47 Å². The summed E-state index contributed by atoms with van der Waals surface area (Å²) in [6, 6.07) is 16.8. The Kier molecular flexibility index (Phi) is 5.97. The lowest BCUT2D eigenvalue weighted by Gasteiger charge is -2.30. The first-order chi connectivity index (χ1) is 13.8. The SMILES string of the molecule is CN=C(NCc1ccccc1N1CCOCC1)NCC1Cc2ccccc2O1. The van der Waals surface area contributed by atoms with Crippen molar-refractivity contribution in [2.75, 3.05) is 44.8 Å². The summed E-state index contributed by atoms with van der Waals surface area (Å²) in [4.78, 5) is 6.75. The first-order valence-corrected chi connectivity index (χ1v) is 9.93. The highest BCUT2D eigenvalue weighted by Crippen LogP contribution is 2.27.